The predicted octanol–water partition coefficient (Wildman–Crippen LogP) is 1.71. The number of ether oxygens (including phenoxy) is 1. The van der Waals surface area contributed by atoms with Gasteiger partial charge in [0.05, 0.1) is 11.0 Å². The van der Waals surface area contributed by atoms with Crippen LogP contribution < -0.4 is 5.73 Å². The molecule has 1 heterocycles. The fourth-order valence-electron chi connectivity index (χ4n) is 2.34. The second-order valence-corrected chi connectivity index (χ2v) is 7.59. The molecule has 5 nitrogen and oxygen atoms in total. The minimum atomic E-state index is -3.50. The molecule has 0 aromatic heterocycles. The number of methoxy groups -OCH3 is 1. The number of nitrogens with two attached hydrogens (primary N) is 1. The normalized spacial score (nSPS) is 21.1. The van der Waals surface area contributed by atoms with Crippen LogP contribution in [0.2, 0.25) is 0 Å². The van der Waals surface area contributed by atoms with Gasteiger partial charge in [-0.15, -0.1) is 0 Å². The molecule has 1 fully saturated rings. The Morgan fingerprint density at radius 2 is 2.25 bits per heavy atom. The van der Waals surface area contributed by atoms with E-state index in [2.05, 4.69) is 15.9 Å². The largest absolute Gasteiger partial charge is 0.380 e. The minimum absolute atomic E-state index is 0.0272. The molecule has 1 saturated heterocycles. The average Bonchev–Trinajstić information content (AvgIpc) is 2.46. The zero-order chi connectivity index (χ0) is 14.8. The van der Waals surface area contributed by atoms with Gasteiger partial charge in [0.15, 0.2) is 0 Å². The van der Waals surface area contributed by atoms with Crippen molar-refractivity contribution in [2.45, 2.75) is 30.4 Å². The fourth-order valence-corrected chi connectivity index (χ4v) is 4.93. The van der Waals surface area contributed by atoms with Gasteiger partial charge in [-0.3, -0.25) is 0 Å². The predicted molar refractivity (Wildman–Crippen MR) is 80.8 cm³/mol. The van der Waals surface area contributed by atoms with Crippen molar-refractivity contribution in [1.82, 2.24) is 4.31 Å². The molecule has 0 bridgehead atoms. The van der Waals surface area contributed by atoms with Crippen molar-refractivity contribution in [1.29, 1.82) is 0 Å². The van der Waals surface area contributed by atoms with Crippen LogP contribution in [-0.4, -0.2) is 39.0 Å². The van der Waals surface area contributed by atoms with Crippen LogP contribution in [-0.2, 0) is 21.3 Å². The first-order valence-corrected chi connectivity index (χ1v) is 8.73. The van der Waals surface area contributed by atoms with Gasteiger partial charge in [0.1, 0.15) is 0 Å². The van der Waals surface area contributed by atoms with Crippen molar-refractivity contribution in [2.24, 2.45) is 5.73 Å². The third kappa shape index (κ3) is 3.23. The molecule has 1 aromatic rings. The van der Waals surface area contributed by atoms with Crippen LogP contribution in [0.1, 0.15) is 18.4 Å². The smallest absolute Gasteiger partial charge is 0.244 e. The number of rotatable bonds is 4. The van der Waals surface area contributed by atoms with Gasteiger partial charge >= 0.3 is 0 Å². The molecular formula is C13H19BrN2O3S. The van der Waals surface area contributed by atoms with E-state index in [9.17, 15) is 8.42 Å². The highest BCUT2D eigenvalue weighted by Crippen LogP contribution is 2.28. The van der Waals surface area contributed by atoms with Gasteiger partial charge in [0.2, 0.25) is 10.0 Å². The molecular weight excluding hydrogens is 344 g/mol. The summed E-state index contributed by atoms with van der Waals surface area (Å²) < 4.78 is 32.7. The lowest BCUT2D eigenvalue weighted by Gasteiger charge is -2.31. The molecule has 2 N–H and O–H groups in total. The minimum Gasteiger partial charge on any atom is -0.380 e. The Bertz CT molecular complexity index is 577. The van der Waals surface area contributed by atoms with E-state index in [4.69, 9.17) is 10.5 Å². The highest BCUT2D eigenvalue weighted by Gasteiger charge is 2.31. The Labute approximate surface area is 128 Å². The molecule has 0 radical (unpaired) electrons. The number of piperidine rings is 1. The maximum atomic E-state index is 12.7. The maximum absolute atomic E-state index is 12.7. The first kappa shape index (κ1) is 15.9. The maximum Gasteiger partial charge on any atom is 0.244 e. The molecule has 0 amide bonds. The molecule has 112 valence electrons. The van der Waals surface area contributed by atoms with Gasteiger partial charge < -0.3 is 10.5 Å². The zero-order valence-corrected chi connectivity index (χ0v) is 13.8. The second-order valence-electron chi connectivity index (χ2n) is 4.83. The van der Waals surface area contributed by atoms with Crippen molar-refractivity contribution in [3.63, 3.8) is 0 Å². The van der Waals surface area contributed by atoms with E-state index in [1.165, 1.54) is 4.31 Å². The summed E-state index contributed by atoms with van der Waals surface area (Å²) in [6.45, 7) is 1.32. The van der Waals surface area contributed by atoms with Gasteiger partial charge in [-0.2, -0.15) is 4.31 Å². The van der Waals surface area contributed by atoms with Crippen molar-refractivity contribution in [3.05, 3.63) is 28.2 Å². The summed E-state index contributed by atoms with van der Waals surface area (Å²) in [5, 5.41) is 0. The van der Waals surface area contributed by atoms with E-state index in [0.717, 1.165) is 18.4 Å². The molecule has 7 heteroatoms. The molecule has 1 unspecified atom stereocenters. The molecule has 0 spiro atoms. The van der Waals surface area contributed by atoms with Crippen molar-refractivity contribution >= 4 is 26.0 Å². The highest BCUT2D eigenvalue weighted by atomic mass is 79.9. The molecule has 0 saturated carbocycles. The summed E-state index contributed by atoms with van der Waals surface area (Å²) in [5.74, 6) is 0. The van der Waals surface area contributed by atoms with E-state index in [0.29, 0.717) is 24.1 Å². The van der Waals surface area contributed by atoms with Crippen LogP contribution in [0.3, 0.4) is 0 Å². The van der Waals surface area contributed by atoms with E-state index < -0.39 is 10.0 Å². The van der Waals surface area contributed by atoms with Gasteiger partial charge in [0.25, 0.3) is 0 Å². The Kier molecular flexibility index (Phi) is 5.19. The van der Waals surface area contributed by atoms with Crippen LogP contribution in [0.15, 0.2) is 27.6 Å². The quantitative estimate of drug-likeness (QED) is 0.884. The number of hydrogen-bond acceptors (Lipinski definition) is 4. The SMILES string of the molecule is COC1CCCN(S(=O)(=O)c2ccc(CN)cc2Br)C1. The van der Waals surface area contributed by atoms with Crippen LogP contribution in [0.25, 0.3) is 0 Å². The topological polar surface area (TPSA) is 72.6 Å². The molecule has 1 aliphatic heterocycles. The van der Waals surface area contributed by atoms with Crippen LogP contribution in [0.5, 0.6) is 0 Å². The average molecular weight is 363 g/mol. The van der Waals surface area contributed by atoms with Crippen LogP contribution in [0, 0.1) is 0 Å². The van der Waals surface area contributed by atoms with Gasteiger partial charge in [-0.05, 0) is 46.5 Å². The monoisotopic (exact) mass is 362 g/mol. The van der Waals surface area contributed by atoms with Gasteiger partial charge in [-0.25, -0.2) is 8.42 Å². The van der Waals surface area contributed by atoms with Crippen LogP contribution in [0.4, 0.5) is 0 Å². The number of benzene rings is 1. The lowest BCUT2D eigenvalue weighted by molar-refractivity contribution is 0.0572. The summed E-state index contributed by atoms with van der Waals surface area (Å²) >= 11 is 3.33. The number of nitrogens with zero attached hydrogens (tertiary/aromatic N) is 1. The van der Waals surface area contributed by atoms with E-state index in [1.807, 2.05) is 0 Å². The van der Waals surface area contributed by atoms with Crippen molar-refractivity contribution in [2.75, 3.05) is 20.2 Å². The molecule has 1 aliphatic rings. The molecule has 2 rings (SSSR count). The summed E-state index contributed by atoms with van der Waals surface area (Å²) in [6, 6.07) is 5.11. The Morgan fingerprint density at radius 1 is 1.50 bits per heavy atom. The first-order valence-electron chi connectivity index (χ1n) is 6.50. The Hall–Kier alpha value is -0.470. The van der Waals surface area contributed by atoms with Crippen molar-refractivity contribution in [3.8, 4) is 0 Å². The van der Waals surface area contributed by atoms with Crippen molar-refractivity contribution < 1.29 is 13.2 Å². The fraction of sp³-hybridized carbons (Fsp3) is 0.538. The second kappa shape index (κ2) is 6.53. The molecule has 1 aromatic carbocycles. The Balaban J connectivity index is 2.30. The first-order chi connectivity index (χ1) is 9.48. The van der Waals surface area contributed by atoms with E-state index in [1.54, 1.807) is 25.3 Å². The zero-order valence-electron chi connectivity index (χ0n) is 11.4. The van der Waals surface area contributed by atoms with Gasteiger partial charge in [0, 0.05) is 31.2 Å². The van der Waals surface area contributed by atoms with Gasteiger partial charge in [-0.1, -0.05) is 6.07 Å². The third-order valence-corrected chi connectivity index (χ3v) is 6.37. The highest BCUT2D eigenvalue weighted by molar-refractivity contribution is 9.10. The summed E-state index contributed by atoms with van der Waals surface area (Å²) in [7, 11) is -1.88. The molecule has 0 aliphatic carbocycles. The Morgan fingerprint density at radius 3 is 2.85 bits per heavy atom. The number of sulfonamides is 1. The lowest BCUT2D eigenvalue weighted by atomic mass is 10.1. The van der Waals surface area contributed by atoms with E-state index in [-0.39, 0.29) is 11.0 Å². The molecule has 1 atom stereocenters. The van der Waals surface area contributed by atoms with E-state index >= 15 is 0 Å². The summed E-state index contributed by atoms with van der Waals surface area (Å²) in [4.78, 5) is 0.284. The molecule has 20 heavy (non-hydrogen) atoms. The number of hydrogen-bond donors (Lipinski definition) is 1. The summed E-state index contributed by atoms with van der Waals surface area (Å²) in [6.07, 6.45) is 1.69. The lowest BCUT2D eigenvalue weighted by Crippen LogP contribution is -2.42. The number of halogens is 1. The van der Waals surface area contributed by atoms with Crippen LogP contribution >= 0.6 is 15.9 Å². The summed E-state index contributed by atoms with van der Waals surface area (Å²) in [5.41, 5.74) is 6.45. The third-order valence-electron chi connectivity index (χ3n) is 3.52. The standard InChI is InChI=1S/C13H19BrN2O3S/c1-19-11-3-2-6-16(9-11)20(17,18)13-5-4-10(8-15)7-12(13)14/h4-5,7,11H,2-3,6,8-9,15H2,1H3.